The monoisotopic (exact) mass is 390 g/mol. The zero-order valence-corrected chi connectivity index (χ0v) is 17.6. The number of hydrogen-bond acceptors (Lipinski definition) is 5. The molecular weight excluding hydrogens is 360 g/mol. The first-order valence-corrected chi connectivity index (χ1v) is 10.2. The van der Waals surface area contributed by atoms with Gasteiger partial charge in [0, 0.05) is 17.3 Å². The first-order chi connectivity index (χ1) is 14.0. The Balaban J connectivity index is 2.03. The summed E-state index contributed by atoms with van der Waals surface area (Å²) in [4.78, 5) is 9.40. The number of para-hydroxylation sites is 1. The molecule has 5 heteroatoms. The summed E-state index contributed by atoms with van der Waals surface area (Å²) in [5.41, 5.74) is 5.36. The number of aromatic nitrogens is 2. The van der Waals surface area contributed by atoms with Crippen LogP contribution < -0.4 is 10.6 Å². The van der Waals surface area contributed by atoms with E-state index in [1.165, 1.54) is 11.1 Å². The molecule has 0 aliphatic heterocycles. The van der Waals surface area contributed by atoms with Crippen molar-refractivity contribution in [2.24, 2.45) is 5.92 Å². The van der Waals surface area contributed by atoms with Gasteiger partial charge in [0.25, 0.3) is 0 Å². The van der Waals surface area contributed by atoms with E-state index in [9.17, 15) is 5.11 Å². The van der Waals surface area contributed by atoms with E-state index in [2.05, 4.69) is 56.5 Å². The first-order valence-electron chi connectivity index (χ1n) is 10.2. The summed E-state index contributed by atoms with van der Waals surface area (Å²) >= 11 is 0. The number of aliphatic hydroxyl groups excluding tert-OH is 1. The van der Waals surface area contributed by atoms with Crippen molar-refractivity contribution in [2.75, 3.05) is 17.2 Å². The van der Waals surface area contributed by atoms with Crippen LogP contribution in [0, 0.1) is 12.8 Å². The van der Waals surface area contributed by atoms with Gasteiger partial charge < -0.3 is 15.7 Å². The Morgan fingerprint density at radius 1 is 1.00 bits per heavy atom. The van der Waals surface area contributed by atoms with Crippen molar-refractivity contribution < 1.29 is 5.11 Å². The van der Waals surface area contributed by atoms with E-state index < -0.39 is 0 Å². The fourth-order valence-corrected chi connectivity index (χ4v) is 3.25. The first kappa shape index (κ1) is 20.8. The quantitative estimate of drug-likeness (QED) is 0.494. The molecule has 0 saturated carbocycles. The molecule has 0 bridgehead atoms. The topological polar surface area (TPSA) is 70.1 Å². The molecule has 29 heavy (non-hydrogen) atoms. The van der Waals surface area contributed by atoms with Gasteiger partial charge in [-0.1, -0.05) is 69.3 Å². The maximum absolute atomic E-state index is 9.72. The lowest BCUT2D eigenvalue weighted by Crippen LogP contribution is -2.30. The molecular formula is C24H30N4O. The normalized spacial score (nSPS) is 12.1. The Morgan fingerprint density at radius 3 is 2.41 bits per heavy atom. The highest BCUT2D eigenvalue weighted by Crippen LogP contribution is 2.28. The van der Waals surface area contributed by atoms with E-state index in [-0.39, 0.29) is 18.6 Å². The highest BCUT2D eigenvalue weighted by molar-refractivity contribution is 5.70. The summed E-state index contributed by atoms with van der Waals surface area (Å²) in [6, 6.07) is 18.2. The van der Waals surface area contributed by atoms with Crippen LogP contribution in [0.15, 0.2) is 54.6 Å². The van der Waals surface area contributed by atoms with Gasteiger partial charge in [0.15, 0.2) is 0 Å². The van der Waals surface area contributed by atoms with Crippen molar-refractivity contribution >= 4 is 17.5 Å². The van der Waals surface area contributed by atoms with E-state index in [1.807, 2.05) is 36.4 Å². The van der Waals surface area contributed by atoms with E-state index in [1.54, 1.807) is 0 Å². The van der Waals surface area contributed by atoms with E-state index in [0.717, 1.165) is 29.2 Å². The summed E-state index contributed by atoms with van der Waals surface area (Å²) in [5.74, 6) is 1.49. The van der Waals surface area contributed by atoms with Crippen LogP contribution in [-0.2, 0) is 6.42 Å². The Kier molecular flexibility index (Phi) is 6.83. The molecule has 0 aliphatic carbocycles. The predicted octanol–water partition coefficient (Wildman–Crippen LogP) is 5.19. The highest BCUT2D eigenvalue weighted by atomic mass is 16.3. The minimum atomic E-state index is -0.112. The molecule has 0 radical (unpaired) electrons. The van der Waals surface area contributed by atoms with Crippen LogP contribution in [0.4, 0.5) is 17.5 Å². The fourth-order valence-electron chi connectivity index (χ4n) is 3.25. The average Bonchev–Trinajstić information content (AvgIpc) is 2.73. The lowest BCUT2D eigenvalue weighted by atomic mass is 10.1. The summed E-state index contributed by atoms with van der Waals surface area (Å²) in [7, 11) is 0. The van der Waals surface area contributed by atoms with Crippen LogP contribution >= 0.6 is 0 Å². The second-order valence-electron chi connectivity index (χ2n) is 7.59. The van der Waals surface area contributed by atoms with E-state index >= 15 is 0 Å². The van der Waals surface area contributed by atoms with Gasteiger partial charge in [0.1, 0.15) is 5.82 Å². The van der Waals surface area contributed by atoms with Crippen LogP contribution in [0.1, 0.15) is 31.9 Å². The Morgan fingerprint density at radius 2 is 1.76 bits per heavy atom. The number of benzene rings is 2. The SMILES string of the molecule is CCc1cccc(C)c1Nc1cc(-c2ccccc2)nc(N[C@H](CO)C(C)C)n1. The van der Waals surface area contributed by atoms with Crippen molar-refractivity contribution in [1.82, 2.24) is 9.97 Å². The maximum atomic E-state index is 9.72. The second kappa shape index (κ2) is 9.52. The van der Waals surface area contributed by atoms with Gasteiger partial charge in [-0.15, -0.1) is 0 Å². The van der Waals surface area contributed by atoms with Crippen molar-refractivity contribution in [2.45, 2.75) is 40.2 Å². The van der Waals surface area contributed by atoms with Gasteiger partial charge in [-0.05, 0) is 30.4 Å². The summed E-state index contributed by atoms with van der Waals surface area (Å²) in [6.45, 7) is 8.40. The average molecular weight is 391 g/mol. The van der Waals surface area contributed by atoms with Crippen LogP contribution in [-0.4, -0.2) is 27.7 Å². The van der Waals surface area contributed by atoms with Crippen molar-refractivity contribution in [3.8, 4) is 11.3 Å². The lowest BCUT2D eigenvalue weighted by molar-refractivity contribution is 0.248. The molecule has 3 rings (SSSR count). The van der Waals surface area contributed by atoms with Crippen molar-refractivity contribution in [3.05, 3.63) is 65.7 Å². The molecule has 3 N–H and O–H groups in total. The van der Waals surface area contributed by atoms with Crippen LogP contribution in [0.25, 0.3) is 11.3 Å². The Hall–Kier alpha value is -2.92. The number of rotatable bonds is 8. The summed E-state index contributed by atoms with van der Waals surface area (Å²) in [5, 5.41) is 16.5. The molecule has 0 aliphatic rings. The maximum Gasteiger partial charge on any atom is 0.225 e. The standard InChI is InChI=1S/C24H30N4O/c1-5-18-13-9-10-17(4)23(18)27-22-14-20(19-11-7-6-8-12-19)25-24(28-22)26-21(15-29)16(2)3/h6-14,16,21,29H,5,15H2,1-4H3,(H2,25,26,27,28)/t21-/m1/s1. The fraction of sp³-hybridized carbons (Fsp3) is 0.333. The molecule has 0 amide bonds. The van der Waals surface area contributed by atoms with E-state index in [0.29, 0.717) is 5.95 Å². The predicted molar refractivity (Wildman–Crippen MR) is 121 cm³/mol. The summed E-state index contributed by atoms with van der Waals surface area (Å²) < 4.78 is 0. The van der Waals surface area contributed by atoms with Gasteiger partial charge in [0.2, 0.25) is 5.95 Å². The highest BCUT2D eigenvalue weighted by Gasteiger charge is 2.15. The number of hydrogen-bond donors (Lipinski definition) is 3. The molecule has 152 valence electrons. The number of aryl methyl sites for hydroxylation is 2. The van der Waals surface area contributed by atoms with Gasteiger partial charge in [-0.3, -0.25) is 0 Å². The molecule has 0 unspecified atom stereocenters. The van der Waals surface area contributed by atoms with Crippen LogP contribution in [0.5, 0.6) is 0 Å². The van der Waals surface area contributed by atoms with Gasteiger partial charge >= 0.3 is 0 Å². The number of anilines is 3. The largest absolute Gasteiger partial charge is 0.394 e. The van der Waals surface area contributed by atoms with Gasteiger partial charge in [0.05, 0.1) is 18.3 Å². The minimum absolute atomic E-state index is 0.0249. The second-order valence-corrected chi connectivity index (χ2v) is 7.59. The molecule has 0 saturated heterocycles. The molecule has 1 heterocycles. The third-order valence-electron chi connectivity index (χ3n) is 5.10. The zero-order chi connectivity index (χ0) is 20.8. The lowest BCUT2D eigenvalue weighted by Gasteiger charge is -2.21. The van der Waals surface area contributed by atoms with E-state index in [4.69, 9.17) is 9.97 Å². The minimum Gasteiger partial charge on any atom is -0.394 e. The molecule has 0 spiro atoms. The van der Waals surface area contributed by atoms with Gasteiger partial charge in [-0.2, -0.15) is 4.98 Å². The van der Waals surface area contributed by atoms with Crippen LogP contribution in [0.2, 0.25) is 0 Å². The third kappa shape index (κ3) is 5.12. The third-order valence-corrected chi connectivity index (χ3v) is 5.10. The molecule has 3 aromatic rings. The van der Waals surface area contributed by atoms with Crippen LogP contribution in [0.3, 0.4) is 0 Å². The molecule has 1 atom stereocenters. The number of aliphatic hydroxyl groups is 1. The smallest absolute Gasteiger partial charge is 0.225 e. The molecule has 1 aromatic heterocycles. The van der Waals surface area contributed by atoms with Crippen molar-refractivity contribution in [3.63, 3.8) is 0 Å². The summed E-state index contributed by atoms with van der Waals surface area (Å²) in [6.07, 6.45) is 0.936. The Bertz CT molecular complexity index is 941. The molecule has 5 nitrogen and oxygen atoms in total. The molecule has 0 fully saturated rings. The molecule has 2 aromatic carbocycles. The number of nitrogens with one attached hydrogen (secondary N) is 2. The van der Waals surface area contributed by atoms with Crippen molar-refractivity contribution in [1.29, 1.82) is 0 Å². The van der Waals surface area contributed by atoms with Gasteiger partial charge in [-0.25, -0.2) is 4.98 Å². The zero-order valence-electron chi connectivity index (χ0n) is 17.6. The number of nitrogens with zero attached hydrogens (tertiary/aromatic N) is 2. The Labute approximate surface area is 173 Å².